The number of rotatable bonds is 4. The monoisotopic (exact) mass is 268 g/mol. The number of likely N-dealkylation sites (N-methyl/N-ethyl adjacent to an activating group) is 1. The molecule has 2 N–H and O–H groups in total. The van der Waals surface area contributed by atoms with Crippen LogP contribution in [0, 0.1) is 5.92 Å². The summed E-state index contributed by atoms with van der Waals surface area (Å²) in [6, 6.07) is 0. The molecule has 3 atom stereocenters. The van der Waals surface area contributed by atoms with Crippen molar-refractivity contribution in [3.8, 4) is 0 Å². The summed E-state index contributed by atoms with van der Waals surface area (Å²) < 4.78 is 5.90. The molecule has 0 bridgehead atoms. The predicted molar refractivity (Wildman–Crippen MR) is 80.3 cm³/mol. The van der Waals surface area contributed by atoms with E-state index in [1.165, 1.54) is 51.4 Å². The summed E-state index contributed by atoms with van der Waals surface area (Å²) in [7, 11) is 2.26. The maximum absolute atomic E-state index is 6.18. The van der Waals surface area contributed by atoms with Gasteiger partial charge in [-0.05, 0) is 51.5 Å². The van der Waals surface area contributed by atoms with E-state index in [9.17, 15) is 0 Å². The van der Waals surface area contributed by atoms with Crippen LogP contribution in [-0.2, 0) is 4.74 Å². The molecule has 0 aromatic rings. The van der Waals surface area contributed by atoms with Crippen molar-refractivity contribution in [2.24, 2.45) is 11.7 Å². The van der Waals surface area contributed by atoms with Gasteiger partial charge in [0.2, 0.25) is 0 Å². The lowest BCUT2D eigenvalue weighted by molar-refractivity contribution is -0.0256. The first kappa shape index (κ1) is 15.3. The summed E-state index contributed by atoms with van der Waals surface area (Å²) in [5.74, 6) is 0.868. The molecule has 0 aromatic heterocycles. The molecule has 112 valence electrons. The van der Waals surface area contributed by atoms with Crippen molar-refractivity contribution in [2.45, 2.75) is 69.9 Å². The maximum atomic E-state index is 6.18. The Bertz CT molecular complexity index is 265. The summed E-state index contributed by atoms with van der Waals surface area (Å²) in [5, 5.41) is 0. The quantitative estimate of drug-likeness (QED) is 0.797. The van der Waals surface area contributed by atoms with Gasteiger partial charge in [0.25, 0.3) is 0 Å². The van der Waals surface area contributed by atoms with Gasteiger partial charge in [0.1, 0.15) is 0 Å². The Morgan fingerprint density at radius 1 is 1.16 bits per heavy atom. The Labute approximate surface area is 118 Å². The number of hydrogen-bond acceptors (Lipinski definition) is 3. The lowest BCUT2D eigenvalue weighted by Crippen LogP contribution is -2.54. The molecule has 3 heteroatoms. The first-order valence-electron chi connectivity index (χ1n) is 8.19. The highest BCUT2D eigenvalue weighted by molar-refractivity contribution is 4.93. The van der Waals surface area contributed by atoms with Crippen molar-refractivity contribution in [1.82, 2.24) is 4.90 Å². The molecular weight excluding hydrogens is 236 g/mol. The van der Waals surface area contributed by atoms with Gasteiger partial charge in [0.15, 0.2) is 0 Å². The highest BCUT2D eigenvalue weighted by Gasteiger charge is 2.36. The molecule has 1 aliphatic heterocycles. The van der Waals surface area contributed by atoms with E-state index in [0.717, 1.165) is 25.6 Å². The molecule has 0 spiro atoms. The Morgan fingerprint density at radius 2 is 2.00 bits per heavy atom. The highest BCUT2D eigenvalue weighted by Crippen LogP contribution is 2.34. The average Bonchev–Trinajstić information content (AvgIpc) is 2.62. The van der Waals surface area contributed by atoms with E-state index in [-0.39, 0.29) is 5.54 Å². The second kappa shape index (κ2) is 7.05. The van der Waals surface area contributed by atoms with E-state index < -0.39 is 0 Å². The molecule has 1 saturated carbocycles. The van der Waals surface area contributed by atoms with Gasteiger partial charge >= 0.3 is 0 Å². The zero-order chi connectivity index (χ0) is 13.7. The third kappa shape index (κ3) is 3.93. The molecule has 3 nitrogen and oxygen atoms in total. The van der Waals surface area contributed by atoms with Crippen LogP contribution in [-0.4, -0.2) is 43.3 Å². The third-order valence-corrected chi connectivity index (χ3v) is 5.38. The van der Waals surface area contributed by atoms with Crippen molar-refractivity contribution >= 4 is 0 Å². The van der Waals surface area contributed by atoms with E-state index in [0.29, 0.717) is 6.10 Å². The predicted octanol–water partition coefficient (Wildman–Crippen LogP) is 2.79. The second-order valence-corrected chi connectivity index (χ2v) is 6.83. The molecule has 1 aliphatic carbocycles. The normalized spacial score (nSPS) is 37.3. The van der Waals surface area contributed by atoms with Crippen LogP contribution >= 0.6 is 0 Å². The van der Waals surface area contributed by atoms with Crippen LogP contribution in [0.2, 0.25) is 0 Å². The van der Waals surface area contributed by atoms with Crippen LogP contribution in [0.5, 0.6) is 0 Å². The molecule has 3 unspecified atom stereocenters. The van der Waals surface area contributed by atoms with Gasteiger partial charge in [-0.15, -0.1) is 0 Å². The summed E-state index contributed by atoms with van der Waals surface area (Å²) in [6.45, 7) is 5.19. The van der Waals surface area contributed by atoms with Crippen molar-refractivity contribution in [2.75, 3.05) is 26.7 Å². The molecule has 2 rings (SSSR count). The van der Waals surface area contributed by atoms with Crippen LogP contribution in [0.25, 0.3) is 0 Å². The minimum atomic E-state index is 0.228. The summed E-state index contributed by atoms with van der Waals surface area (Å²) in [6.07, 6.45) is 10.8. The van der Waals surface area contributed by atoms with Gasteiger partial charge < -0.3 is 10.5 Å². The molecule has 2 fully saturated rings. The van der Waals surface area contributed by atoms with Crippen LogP contribution in [0.4, 0.5) is 0 Å². The molecule has 0 amide bonds. The standard InChI is InChI=1S/C16H32N2O/c1-14-6-5-9-16(13-17,10-8-14)18(2)12-15-7-3-4-11-19-15/h14-15H,3-13,17H2,1-2H3. The van der Waals surface area contributed by atoms with E-state index >= 15 is 0 Å². The van der Waals surface area contributed by atoms with Gasteiger partial charge in [0.05, 0.1) is 6.10 Å². The Hall–Kier alpha value is -0.120. The second-order valence-electron chi connectivity index (χ2n) is 6.83. The fraction of sp³-hybridized carbons (Fsp3) is 1.00. The van der Waals surface area contributed by atoms with Crippen LogP contribution < -0.4 is 5.73 Å². The SMILES string of the molecule is CC1CCCC(CN)(N(C)CC2CCCCO2)CC1. The molecule has 0 radical (unpaired) electrons. The summed E-state index contributed by atoms with van der Waals surface area (Å²) in [5.41, 5.74) is 6.40. The van der Waals surface area contributed by atoms with Crippen LogP contribution in [0.3, 0.4) is 0 Å². The zero-order valence-corrected chi connectivity index (χ0v) is 12.9. The number of hydrogen-bond donors (Lipinski definition) is 1. The lowest BCUT2D eigenvalue weighted by atomic mass is 9.87. The molecule has 19 heavy (non-hydrogen) atoms. The van der Waals surface area contributed by atoms with Crippen LogP contribution in [0.1, 0.15) is 58.3 Å². The number of nitrogens with two attached hydrogens (primary N) is 1. The van der Waals surface area contributed by atoms with Gasteiger partial charge in [-0.2, -0.15) is 0 Å². The molecule has 1 saturated heterocycles. The fourth-order valence-corrected chi connectivity index (χ4v) is 3.76. The fourth-order valence-electron chi connectivity index (χ4n) is 3.76. The first-order chi connectivity index (χ1) is 9.16. The molecule has 0 aromatic carbocycles. The number of nitrogens with zero attached hydrogens (tertiary/aromatic N) is 1. The van der Waals surface area contributed by atoms with Crippen molar-refractivity contribution < 1.29 is 4.74 Å². The van der Waals surface area contributed by atoms with E-state index in [2.05, 4.69) is 18.9 Å². The average molecular weight is 268 g/mol. The highest BCUT2D eigenvalue weighted by atomic mass is 16.5. The summed E-state index contributed by atoms with van der Waals surface area (Å²) >= 11 is 0. The Kier molecular flexibility index (Phi) is 5.67. The minimum Gasteiger partial charge on any atom is -0.377 e. The lowest BCUT2D eigenvalue weighted by Gasteiger charge is -2.43. The number of ether oxygens (including phenoxy) is 1. The van der Waals surface area contributed by atoms with E-state index in [1.54, 1.807) is 0 Å². The minimum absolute atomic E-state index is 0.228. The zero-order valence-electron chi connectivity index (χ0n) is 12.9. The van der Waals surface area contributed by atoms with Crippen molar-refractivity contribution in [3.05, 3.63) is 0 Å². The Morgan fingerprint density at radius 3 is 2.68 bits per heavy atom. The largest absolute Gasteiger partial charge is 0.377 e. The van der Waals surface area contributed by atoms with Crippen LogP contribution in [0.15, 0.2) is 0 Å². The van der Waals surface area contributed by atoms with Gasteiger partial charge in [0, 0.05) is 25.2 Å². The molecule has 2 aliphatic rings. The van der Waals surface area contributed by atoms with Crippen molar-refractivity contribution in [1.29, 1.82) is 0 Å². The van der Waals surface area contributed by atoms with Gasteiger partial charge in [-0.25, -0.2) is 0 Å². The van der Waals surface area contributed by atoms with Crippen molar-refractivity contribution in [3.63, 3.8) is 0 Å². The Balaban J connectivity index is 1.94. The first-order valence-corrected chi connectivity index (χ1v) is 8.19. The van der Waals surface area contributed by atoms with Gasteiger partial charge in [-0.3, -0.25) is 4.90 Å². The molecular formula is C16H32N2O. The smallest absolute Gasteiger partial charge is 0.0702 e. The van der Waals surface area contributed by atoms with E-state index in [4.69, 9.17) is 10.5 Å². The maximum Gasteiger partial charge on any atom is 0.0702 e. The third-order valence-electron chi connectivity index (χ3n) is 5.38. The van der Waals surface area contributed by atoms with Gasteiger partial charge in [-0.1, -0.05) is 19.8 Å². The summed E-state index contributed by atoms with van der Waals surface area (Å²) in [4.78, 5) is 2.53. The van der Waals surface area contributed by atoms with E-state index in [1.807, 2.05) is 0 Å². The molecule has 1 heterocycles. The topological polar surface area (TPSA) is 38.5 Å².